The predicted molar refractivity (Wildman–Crippen MR) is 77.8 cm³/mol. The minimum absolute atomic E-state index is 0.348. The molecule has 0 heterocycles. The molecule has 0 aliphatic heterocycles. The number of Topliss-reactive ketones (excluding diaryl/α,β-unsaturated/α-hetero) is 1. The van der Waals surface area contributed by atoms with Crippen molar-refractivity contribution in [3.63, 3.8) is 0 Å². The third-order valence-corrected chi connectivity index (χ3v) is 3.51. The number of rotatable bonds is 14. The summed E-state index contributed by atoms with van der Waals surface area (Å²) in [4.78, 5) is 11.1. The lowest BCUT2D eigenvalue weighted by Gasteiger charge is -2.02. The number of aliphatic hydroxyl groups is 1. The van der Waals surface area contributed by atoms with Gasteiger partial charge in [-0.05, 0) is 12.8 Å². The first kappa shape index (κ1) is 17.6. The van der Waals surface area contributed by atoms with Crippen LogP contribution in [0.15, 0.2) is 0 Å². The fraction of sp³-hybridized carbons (Fsp3) is 0.938. The molecular weight excluding hydrogens is 224 g/mol. The van der Waals surface area contributed by atoms with Gasteiger partial charge in [0, 0.05) is 19.4 Å². The summed E-state index contributed by atoms with van der Waals surface area (Å²) in [6.07, 6.45) is 15.2. The number of carbonyl (C=O) groups excluding carboxylic acids is 1. The zero-order chi connectivity index (χ0) is 13.5. The Kier molecular flexibility index (Phi) is 14.4. The summed E-state index contributed by atoms with van der Waals surface area (Å²) in [7, 11) is 0. The minimum atomic E-state index is 0.348. The molecule has 0 spiro atoms. The summed E-state index contributed by atoms with van der Waals surface area (Å²) in [5.41, 5.74) is 0. The van der Waals surface area contributed by atoms with Crippen LogP contribution in [-0.2, 0) is 4.79 Å². The number of hydrogen-bond donors (Lipinski definition) is 1. The Morgan fingerprint density at radius 1 is 0.722 bits per heavy atom. The first-order valence-electron chi connectivity index (χ1n) is 7.93. The van der Waals surface area contributed by atoms with Gasteiger partial charge in [0.05, 0.1) is 0 Å². The van der Waals surface area contributed by atoms with Gasteiger partial charge < -0.3 is 5.11 Å². The zero-order valence-corrected chi connectivity index (χ0v) is 12.3. The molecule has 0 aliphatic carbocycles. The maximum absolute atomic E-state index is 11.1. The standard InChI is InChI=1S/C16H32O2/c1-2-16(18)14-12-10-8-6-4-3-5-7-9-11-13-15-17/h17H,2-15H2,1H3. The Hall–Kier alpha value is -0.370. The summed E-state index contributed by atoms with van der Waals surface area (Å²) in [5.74, 6) is 0.415. The van der Waals surface area contributed by atoms with Crippen molar-refractivity contribution < 1.29 is 9.90 Å². The van der Waals surface area contributed by atoms with Crippen LogP contribution in [0.2, 0.25) is 0 Å². The zero-order valence-electron chi connectivity index (χ0n) is 12.3. The normalized spacial score (nSPS) is 10.8. The lowest BCUT2D eigenvalue weighted by atomic mass is 10.0. The largest absolute Gasteiger partial charge is 0.396 e. The molecule has 108 valence electrons. The third-order valence-electron chi connectivity index (χ3n) is 3.51. The van der Waals surface area contributed by atoms with Crippen molar-refractivity contribution in [2.24, 2.45) is 0 Å². The highest BCUT2D eigenvalue weighted by atomic mass is 16.2. The van der Waals surface area contributed by atoms with E-state index in [1.165, 1.54) is 57.8 Å². The van der Waals surface area contributed by atoms with E-state index in [4.69, 9.17) is 5.11 Å². The summed E-state index contributed by atoms with van der Waals surface area (Å²) < 4.78 is 0. The van der Waals surface area contributed by atoms with Crippen molar-refractivity contribution in [3.05, 3.63) is 0 Å². The molecule has 0 saturated heterocycles. The van der Waals surface area contributed by atoms with E-state index in [9.17, 15) is 4.79 Å². The van der Waals surface area contributed by atoms with Crippen LogP contribution in [0.3, 0.4) is 0 Å². The second kappa shape index (κ2) is 14.7. The Bertz CT molecular complexity index is 178. The van der Waals surface area contributed by atoms with Crippen molar-refractivity contribution in [1.82, 2.24) is 0 Å². The van der Waals surface area contributed by atoms with Crippen LogP contribution in [-0.4, -0.2) is 17.5 Å². The molecule has 0 aromatic heterocycles. The third kappa shape index (κ3) is 13.7. The predicted octanol–water partition coefficient (Wildman–Crippen LogP) is 4.64. The molecule has 0 amide bonds. The fourth-order valence-corrected chi connectivity index (χ4v) is 2.20. The first-order chi connectivity index (χ1) is 8.81. The fourth-order valence-electron chi connectivity index (χ4n) is 2.20. The molecule has 0 aromatic rings. The number of hydrogen-bond acceptors (Lipinski definition) is 2. The van der Waals surface area contributed by atoms with Crippen LogP contribution in [0.4, 0.5) is 0 Å². The topological polar surface area (TPSA) is 37.3 Å². The molecule has 2 nitrogen and oxygen atoms in total. The highest BCUT2D eigenvalue weighted by Crippen LogP contribution is 2.12. The van der Waals surface area contributed by atoms with Gasteiger partial charge in [-0.2, -0.15) is 0 Å². The van der Waals surface area contributed by atoms with Crippen LogP contribution in [0, 0.1) is 0 Å². The van der Waals surface area contributed by atoms with Gasteiger partial charge in [0.1, 0.15) is 5.78 Å². The lowest BCUT2D eigenvalue weighted by Crippen LogP contribution is -1.94. The number of carbonyl (C=O) groups is 1. The summed E-state index contributed by atoms with van der Waals surface area (Å²) in [5, 5.41) is 8.64. The van der Waals surface area contributed by atoms with E-state index in [1.54, 1.807) is 0 Å². The van der Waals surface area contributed by atoms with Crippen molar-refractivity contribution in [3.8, 4) is 0 Å². The van der Waals surface area contributed by atoms with Crippen LogP contribution < -0.4 is 0 Å². The van der Waals surface area contributed by atoms with E-state index < -0.39 is 0 Å². The van der Waals surface area contributed by atoms with E-state index in [-0.39, 0.29) is 0 Å². The highest BCUT2D eigenvalue weighted by molar-refractivity contribution is 5.77. The number of unbranched alkanes of at least 4 members (excludes halogenated alkanes) is 10. The maximum Gasteiger partial charge on any atom is 0.132 e. The van der Waals surface area contributed by atoms with E-state index in [0.717, 1.165) is 19.3 Å². The van der Waals surface area contributed by atoms with Crippen LogP contribution in [0.5, 0.6) is 0 Å². The molecule has 0 radical (unpaired) electrons. The Balaban J connectivity index is 2.97. The summed E-state index contributed by atoms with van der Waals surface area (Å²) in [6.45, 7) is 2.30. The minimum Gasteiger partial charge on any atom is -0.396 e. The Morgan fingerprint density at radius 3 is 1.50 bits per heavy atom. The van der Waals surface area contributed by atoms with E-state index >= 15 is 0 Å². The number of aliphatic hydroxyl groups excluding tert-OH is 1. The number of ketones is 1. The second-order valence-electron chi connectivity index (χ2n) is 5.25. The van der Waals surface area contributed by atoms with E-state index in [2.05, 4.69) is 0 Å². The maximum atomic E-state index is 11.1. The van der Waals surface area contributed by atoms with E-state index in [1.807, 2.05) is 6.92 Å². The summed E-state index contributed by atoms with van der Waals surface area (Å²) in [6, 6.07) is 0. The molecular formula is C16H32O2. The molecule has 2 heteroatoms. The molecule has 0 fully saturated rings. The monoisotopic (exact) mass is 256 g/mol. The Labute approximate surface area is 113 Å². The molecule has 0 atom stereocenters. The molecule has 1 N–H and O–H groups in total. The molecule has 0 aromatic carbocycles. The van der Waals surface area contributed by atoms with Crippen LogP contribution in [0.1, 0.15) is 90.4 Å². The molecule has 18 heavy (non-hydrogen) atoms. The smallest absolute Gasteiger partial charge is 0.132 e. The van der Waals surface area contributed by atoms with E-state index in [0.29, 0.717) is 18.8 Å². The lowest BCUT2D eigenvalue weighted by molar-refractivity contribution is -0.118. The molecule has 0 aliphatic rings. The van der Waals surface area contributed by atoms with Crippen LogP contribution >= 0.6 is 0 Å². The average Bonchev–Trinajstić information content (AvgIpc) is 2.39. The SMILES string of the molecule is CCC(=O)CCCCCCCCCCCCCO. The van der Waals surface area contributed by atoms with Crippen LogP contribution in [0.25, 0.3) is 0 Å². The molecule has 0 rings (SSSR count). The van der Waals surface area contributed by atoms with Crippen molar-refractivity contribution in [2.75, 3.05) is 6.61 Å². The quantitative estimate of drug-likeness (QED) is 0.460. The summed E-state index contributed by atoms with van der Waals surface area (Å²) >= 11 is 0. The van der Waals surface area contributed by atoms with Gasteiger partial charge >= 0.3 is 0 Å². The van der Waals surface area contributed by atoms with Crippen molar-refractivity contribution in [2.45, 2.75) is 90.4 Å². The van der Waals surface area contributed by atoms with Gasteiger partial charge in [0.15, 0.2) is 0 Å². The van der Waals surface area contributed by atoms with Gasteiger partial charge in [-0.3, -0.25) is 4.79 Å². The first-order valence-corrected chi connectivity index (χ1v) is 7.93. The second-order valence-corrected chi connectivity index (χ2v) is 5.25. The van der Waals surface area contributed by atoms with Gasteiger partial charge in [0.2, 0.25) is 0 Å². The molecule has 0 saturated carbocycles. The van der Waals surface area contributed by atoms with Crippen molar-refractivity contribution >= 4 is 5.78 Å². The van der Waals surface area contributed by atoms with Gasteiger partial charge in [-0.15, -0.1) is 0 Å². The van der Waals surface area contributed by atoms with Crippen molar-refractivity contribution in [1.29, 1.82) is 0 Å². The van der Waals surface area contributed by atoms with Gasteiger partial charge in [0.25, 0.3) is 0 Å². The molecule has 0 bridgehead atoms. The molecule has 0 unspecified atom stereocenters. The average molecular weight is 256 g/mol. The Morgan fingerprint density at radius 2 is 1.11 bits per heavy atom. The van der Waals surface area contributed by atoms with Gasteiger partial charge in [-0.25, -0.2) is 0 Å². The van der Waals surface area contributed by atoms with Gasteiger partial charge in [-0.1, -0.05) is 64.7 Å². The highest BCUT2D eigenvalue weighted by Gasteiger charge is 1.97.